The molecule has 0 fully saturated rings. The summed E-state index contributed by atoms with van der Waals surface area (Å²) in [6.07, 6.45) is 2.22. The molecule has 0 radical (unpaired) electrons. The Morgan fingerprint density at radius 1 is 1.21 bits per heavy atom. The molecule has 3 heterocycles. The maximum Gasteiger partial charge on any atom is 0.323 e. The number of aromatic amines is 2. The molecule has 10 heteroatoms. The number of aromatic nitrogens is 5. The second kappa shape index (κ2) is 6.89. The third-order valence-electron chi connectivity index (χ3n) is 4.89. The average Bonchev–Trinajstić information content (AvgIpc) is 3.23. The first-order valence-electron chi connectivity index (χ1n) is 8.98. The lowest BCUT2D eigenvalue weighted by Gasteiger charge is -2.12. The van der Waals surface area contributed by atoms with Crippen LogP contribution in [-0.4, -0.2) is 36.2 Å². The van der Waals surface area contributed by atoms with E-state index in [2.05, 4.69) is 25.3 Å². The van der Waals surface area contributed by atoms with Crippen molar-refractivity contribution in [3.05, 3.63) is 57.7 Å². The van der Waals surface area contributed by atoms with Gasteiger partial charge in [-0.2, -0.15) is 0 Å². The van der Waals surface area contributed by atoms with Crippen molar-refractivity contribution >= 4 is 34.2 Å². The number of nitrogens with two attached hydrogens (primary N) is 1. The van der Waals surface area contributed by atoms with E-state index in [4.69, 9.17) is 5.73 Å². The fourth-order valence-corrected chi connectivity index (χ4v) is 3.44. The van der Waals surface area contributed by atoms with Gasteiger partial charge in [0.05, 0.1) is 11.0 Å². The molecule has 0 aliphatic carbocycles. The van der Waals surface area contributed by atoms with Gasteiger partial charge in [0.25, 0.3) is 5.91 Å². The number of benzene rings is 1. The molecule has 1 aromatic carbocycles. The van der Waals surface area contributed by atoms with Crippen LogP contribution in [0, 0.1) is 13.8 Å². The number of hydrogen-bond acceptors (Lipinski definition) is 5. The van der Waals surface area contributed by atoms with Crippen molar-refractivity contribution in [2.75, 3.05) is 5.32 Å². The highest BCUT2D eigenvalue weighted by Gasteiger charge is 2.17. The highest BCUT2D eigenvalue weighted by Crippen LogP contribution is 2.19. The molecule has 2 amide bonds. The Bertz CT molecular complexity index is 1330. The quantitative estimate of drug-likeness (QED) is 0.401. The van der Waals surface area contributed by atoms with Crippen molar-refractivity contribution in [1.82, 2.24) is 24.3 Å². The molecule has 4 aromatic rings. The van der Waals surface area contributed by atoms with E-state index in [0.717, 1.165) is 17.0 Å². The Kier molecular flexibility index (Phi) is 4.38. The lowest BCUT2D eigenvalue weighted by Crippen LogP contribution is -2.15. The highest BCUT2D eigenvalue weighted by molar-refractivity contribution is 5.97. The molecule has 3 aromatic heterocycles. The van der Waals surface area contributed by atoms with E-state index in [1.165, 1.54) is 6.33 Å². The van der Waals surface area contributed by atoms with E-state index in [-0.39, 0.29) is 23.7 Å². The van der Waals surface area contributed by atoms with Crippen LogP contribution in [-0.2, 0) is 11.2 Å². The van der Waals surface area contributed by atoms with Crippen molar-refractivity contribution in [3.8, 4) is 0 Å². The smallest absolute Gasteiger partial charge is 0.323 e. The van der Waals surface area contributed by atoms with Crippen LogP contribution in [0.2, 0.25) is 0 Å². The summed E-state index contributed by atoms with van der Waals surface area (Å²) < 4.78 is 1.70. The molecule has 0 unspecified atom stereocenters. The Morgan fingerprint density at radius 3 is 2.72 bits per heavy atom. The van der Waals surface area contributed by atoms with E-state index in [0.29, 0.717) is 28.8 Å². The average molecular weight is 393 g/mol. The number of nitrogens with zero attached hydrogens (tertiary/aromatic N) is 3. The standard InChI is InChI=1S/C19H19N7O3/c1-9-12(10(2)26-8-21-16(17(20)28)18(26)22-9)4-6-15(27)23-11-3-5-13-14(7-11)25-19(29)24-13/h3,5,7-8H,4,6H2,1-2H3,(H2,20,28)(H,23,27)(H2,24,25,29). The molecule has 10 nitrogen and oxygen atoms in total. The van der Waals surface area contributed by atoms with E-state index < -0.39 is 5.91 Å². The predicted octanol–water partition coefficient (Wildman–Crippen LogP) is 1.19. The number of aryl methyl sites for hydroxylation is 2. The largest absolute Gasteiger partial charge is 0.364 e. The second-order valence-electron chi connectivity index (χ2n) is 6.80. The van der Waals surface area contributed by atoms with Crippen LogP contribution in [0.5, 0.6) is 0 Å². The number of nitrogens with one attached hydrogen (secondary N) is 3. The number of hydrogen-bond donors (Lipinski definition) is 4. The Hall–Kier alpha value is -3.95. The number of fused-ring (bicyclic) bond motifs is 2. The summed E-state index contributed by atoms with van der Waals surface area (Å²) in [5.74, 6) is -0.795. The van der Waals surface area contributed by atoms with Gasteiger partial charge in [-0.15, -0.1) is 0 Å². The zero-order valence-corrected chi connectivity index (χ0v) is 15.9. The van der Waals surface area contributed by atoms with Crippen LogP contribution in [0.4, 0.5) is 5.69 Å². The molecule has 5 N–H and O–H groups in total. The van der Waals surface area contributed by atoms with Crippen LogP contribution in [0.15, 0.2) is 29.3 Å². The maximum atomic E-state index is 12.4. The van der Waals surface area contributed by atoms with Gasteiger partial charge in [0.1, 0.15) is 6.33 Å². The van der Waals surface area contributed by atoms with E-state index >= 15 is 0 Å². The Balaban J connectivity index is 1.51. The maximum absolute atomic E-state index is 12.4. The highest BCUT2D eigenvalue weighted by atomic mass is 16.2. The Morgan fingerprint density at radius 2 is 1.97 bits per heavy atom. The second-order valence-corrected chi connectivity index (χ2v) is 6.80. The molecular formula is C19H19N7O3. The summed E-state index contributed by atoms with van der Waals surface area (Å²) in [5, 5.41) is 2.83. The number of amides is 2. The molecule has 0 saturated carbocycles. The number of carbonyl (C=O) groups is 2. The SMILES string of the molecule is Cc1nc2c(C(N)=O)ncn2c(C)c1CCC(=O)Nc1ccc2[nH]c(=O)[nH]c2c1. The number of primary amides is 1. The van der Waals surface area contributed by atoms with E-state index in [9.17, 15) is 14.4 Å². The molecule has 0 bridgehead atoms. The van der Waals surface area contributed by atoms with Crippen molar-refractivity contribution in [1.29, 1.82) is 0 Å². The third-order valence-corrected chi connectivity index (χ3v) is 4.89. The molecule has 29 heavy (non-hydrogen) atoms. The van der Waals surface area contributed by atoms with Gasteiger partial charge in [-0.1, -0.05) is 0 Å². The van der Waals surface area contributed by atoms with Gasteiger partial charge in [0.15, 0.2) is 11.3 Å². The summed E-state index contributed by atoms with van der Waals surface area (Å²) in [4.78, 5) is 49.0. The van der Waals surface area contributed by atoms with Crippen LogP contribution in [0.3, 0.4) is 0 Å². The van der Waals surface area contributed by atoms with Gasteiger partial charge in [-0.25, -0.2) is 14.8 Å². The van der Waals surface area contributed by atoms with E-state index in [1.807, 2.05) is 13.8 Å². The minimum atomic E-state index is -0.633. The van der Waals surface area contributed by atoms with Crippen molar-refractivity contribution in [2.24, 2.45) is 5.73 Å². The monoisotopic (exact) mass is 393 g/mol. The first-order chi connectivity index (χ1) is 13.8. The van der Waals surface area contributed by atoms with Gasteiger partial charge in [-0.05, 0) is 44.0 Å². The minimum Gasteiger partial charge on any atom is -0.364 e. The lowest BCUT2D eigenvalue weighted by atomic mass is 10.1. The number of anilines is 1. The van der Waals surface area contributed by atoms with Crippen molar-refractivity contribution in [3.63, 3.8) is 0 Å². The van der Waals surface area contributed by atoms with Gasteiger partial charge in [-0.3, -0.25) is 14.0 Å². The number of imidazole rings is 2. The minimum absolute atomic E-state index is 0.124. The summed E-state index contributed by atoms with van der Waals surface area (Å²) >= 11 is 0. The van der Waals surface area contributed by atoms with Crippen molar-refractivity contribution < 1.29 is 9.59 Å². The van der Waals surface area contributed by atoms with Crippen molar-refractivity contribution in [2.45, 2.75) is 26.7 Å². The van der Waals surface area contributed by atoms with Crippen LogP contribution in [0.1, 0.15) is 33.9 Å². The molecule has 4 rings (SSSR count). The summed E-state index contributed by atoms with van der Waals surface area (Å²) in [6, 6.07) is 5.15. The first-order valence-corrected chi connectivity index (χ1v) is 8.98. The molecule has 0 aliphatic rings. The zero-order chi connectivity index (χ0) is 20.7. The van der Waals surface area contributed by atoms with Crippen LogP contribution in [0.25, 0.3) is 16.7 Å². The number of rotatable bonds is 5. The number of carbonyl (C=O) groups excluding carboxylic acids is 2. The molecule has 0 atom stereocenters. The topological polar surface area (TPSA) is 151 Å². The van der Waals surface area contributed by atoms with E-state index in [1.54, 1.807) is 22.6 Å². The fourth-order valence-electron chi connectivity index (χ4n) is 3.44. The molecule has 148 valence electrons. The zero-order valence-electron chi connectivity index (χ0n) is 15.9. The van der Waals surface area contributed by atoms with Crippen LogP contribution >= 0.6 is 0 Å². The van der Waals surface area contributed by atoms with Gasteiger partial charge >= 0.3 is 5.69 Å². The number of H-pyrrole nitrogens is 2. The predicted molar refractivity (Wildman–Crippen MR) is 107 cm³/mol. The van der Waals surface area contributed by atoms with Crippen LogP contribution < -0.4 is 16.7 Å². The first kappa shape index (κ1) is 18.4. The van der Waals surface area contributed by atoms with Gasteiger partial charge in [0, 0.05) is 23.5 Å². The molecular weight excluding hydrogens is 374 g/mol. The van der Waals surface area contributed by atoms with Gasteiger partial charge < -0.3 is 21.0 Å². The molecule has 0 saturated heterocycles. The lowest BCUT2D eigenvalue weighted by molar-refractivity contribution is -0.116. The Labute approximate surface area is 164 Å². The summed E-state index contributed by atoms with van der Waals surface area (Å²) in [7, 11) is 0. The molecule has 0 aliphatic heterocycles. The third kappa shape index (κ3) is 3.35. The fraction of sp³-hybridized carbons (Fsp3) is 0.211. The van der Waals surface area contributed by atoms with Gasteiger partial charge in [0.2, 0.25) is 5.91 Å². The summed E-state index contributed by atoms with van der Waals surface area (Å²) in [5.41, 5.74) is 9.96. The normalized spacial score (nSPS) is 11.2. The molecule has 0 spiro atoms. The summed E-state index contributed by atoms with van der Waals surface area (Å²) in [6.45, 7) is 3.71.